The van der Waals surface area contributed by atoms with Crippen molar-refractivity contribution < 1.29 is 4.79 Å². The number of hydrogen-bond acceptors (Lipinski definition) is 3. The highest BCUT2D eigenvalue weighted by Crippen LogP contribution is 2.18. The topological polar surface area (TPSA) is 82.8 Å². The van der Waals surface area contributed by atoms with Gasteiger partial charge in [-0.15, -0.1) is 24.0 Å². The first-order valence-corrected chi connectivity index (χ1v) is 11.4. The van der Waals surface area contributed by atoms with Crippen LogP contribution in [0.1, 0.15) is 64.0 Å². The molecule has 6 nitrogen and oxygen atoms in total. The number of likely N-dealkylation sites (tertiary alicyclic amines) is 1. The summed E-state index contributed by atoms with van der Waals surface area (Å²) in [5.74, 6) is 1.42. The molecule has 0 aromatic heterocycles. The molecule has 176 valence electrons. The second-order valence-corrected chi connectivity index (χ2v) is 9.09. The Morgan fingerprint density at radius 1 is 1.26 bits per heavy atom. The number of halogens is 1. The van der Waals surface area contributed by atoms with Gasteiger partial charge in [-0.05, 0) is 49.8 Å². The summed E-state index contributed by atoms with van der Waals surface area (Å²) in [7, 11) is 1.82. The maximum Gasteiger partial charge on any atom is 0.221 e. The van der Waals surface area contributed by atoms with Crippen LogP contribution in [-0.2, 0) is 17.9 Å². The predicted molar refractivity (Wildman–Crippen MR) is 141 cm³/mol. The van der Waals surface area contributed by atoms with Crippen LogP contribution in [0.25, 0.3) is 0 Å². The zero-order valence-electron chi connectivity index (χ0n) is 19.7. The van der Waals surface area contributed by atoms with Gasteiger partial charge in [-0.3, -0.25) is 14.7 Å². The van der Waals surface area contributed by atoms with Gasteiger partial charge < -0.3 is 16.4 Å². The van der Waals surface area contributed by atoms with E-state index in [0.29, 0.717) is 6.04 Å². The number of primary amides is 1. The largest absolute Gasteiger partial charge is 0.369 e. The summed E-state index contributed by atoms with van der Waals surface area (Å²) >= 11 is 0. The van der Waals surface area contributed by atoms with Crippen molar-refractivity contribution in [1.82, 2.24) is 15.5 Å². The number of carbonyl (C=O) groups excluding carboxylic acids is 1. The number of amides is 1. The maximum atomic E-state index is 11.5. The maximum absolute atomic E-state index is 11.5. The van der Waals surface area contributed by atoms with Crippen LogP contribution in [0.5, 0.6) is 0 Å². The molecule has 1 fully saturated rings. The molecule has 1 aromatic rings. The van der Waals surface area contributed by atoms with Crippen molar-refractivity contribution in [3.63, 3.8) is 0 Å². The Labute approximate surface area is 205 Å². The molecular weight excluding hydrogens is 501 g/mol. The molecule has 0 radical (unpaired) electrons. The summed E-state index contributed by atoms with van der Waals surface area (Å²) in [5, 5.41) is 6.93. The highest BCUT2D eigenvalue weighted by atomic mass is 127. The zero-order valence-corrected chi connectivity index (χ0v) is 22.0. The van der Waals surface area contributed by atoms with Crippen molar-refractivity contribution in [3.05, 3.63) is 35.4 Å². The summed E-state index contributed by atoms with van der Waals surface area (Å²) in [6.07, 6.45) is 5.60. The minimum absolute atomic E-state index is 0. The molecule has 0 aliphatic carbocycles. The first-order valence-electron chi connectivity index (χ1n) is 11.4. The van der Waals surface area contributed by atoms with E-state index in [-0.39, 0.29) is 35.8 Å². The van der Waals surface area contributed by atoms with E-state index in [4.69, 9.17) is 5.73 Å². The van der Waals surface area contributed by atoms with E-state index in [9.17, 15) is 4.79 Å². The van der Waals surface area contributed by atoms with Gasteiger partial charge in [0, 0.05) is 32.7 Å². The Morgan fingerprint density at radius 3 is 2.68 bits per heavy atom. The van der Waals surface area contributed by atoms with Crippen LogP contribution in [0.3, 0.4) is 0 Å². The molecule has 7 heteroatoms. The molecule has 1 aromatic carbocycles. The molecule has 2 rings (SSSR count). The Bertz CT molecular complexity index is 694. The number of guanidine groups is 1. The minimum Gasteiger partial charge on any atom is -0.369 e. The molecule has 1 aliphatic heterocycles. The third kappa shape index (κ3) is 10.7. The van der Waals surface area contributed by atoms with Crippen LogP contribution in [0.2, 0.25) is 0 Å². The van der Waals surface area contributed by atoms with Crippen LogP contribution in [0.15, 0.2) is 29.3 Å². The molecule has 4 N–H and O–H groups in total. The molecule has 0 bridgehead atoms. The van der Waals surface area contributed by atoms with Gasteiger partial charge in [0.25, 0.3) is 0 Å². The lowest BCUT2D eigenvalue weighted by Crippen LogP contribution is -2.42. The fraction of sp³-hybridized carbons (Fsp3) is 0.667. The van der Waals surface area contributed by atoms with Gasteiger partial charge in [0.15, 0.2) is 5.96 Å². The van der Waals surface area contributed by atoms with Gasteiger partial charge in [-0.2, -0.15) is 0 Å². The Kier molecular flexibility index (Phi) is 13.1. The van der Waals surface area contributed by atoms with Crippen LogP contribution in [0.4, 0.5) is 0 Å². The van der Waals surface area contributed by atoms with Crippen molar-refractivity contribution >= 4 is 35.8 Å². The van der Waals surface area contributed by atoms with E-state index in [1.54, 1.807) is 0 Å². The second kappa shape index (κ2) is 14.7. The third-order valence-corrected chi connectivity index (χ3v) is 5.79. The van der Waals surface area contributed by atoms with Crippen molar-refractivity contribution in [1.29, 1.82) is 0 Å². The van der Waals surface area contributed by atoms with Gasteiger partial charge >= 0.3 is 0 Å². The molecule has 1 amide bonds. The number of nitrogens with two attached hydrogens (primary N) is 1. The quantitative estimate of drug-likeness (QED) is 0.238. The van der Waals surface area contributed by atoms with E-state index < -0.39 is 0 Å². The lowest BCUT2D eigenvalue weighted by molar-refractivity contribution is -0.123. The first-order chi connectivity index (χ1) is 14.4. The molecule has 1 heterocycles. The van der Waals surface area contributed by atoms with Crippen molar-refractivity contribution in [2.45, 2.75) is 72.0 Å². The van der Waals surface area contributed by atoms with Gasteiger partial charge in [0.1, 0.15) is 0 Å². The SMILES string of the molecule is CN=C(NCc1cccc(CN2CCCC(C(N)=O)C2)c1)NC(C)CCCC(C)C.I. The van der Waals surface area contributed by atoms with Gasteiger partial charge in [-0.1, -0.05) is 51.0 Å². The Morgan fingerprint density at radius 2 is 2.00 bits per heavy atom. The summed E-state index contributed by atoms with van der Waals surface area (Å²) in [6.45, 7) is 10.1. The standard InChI is InChI=1S/C24H41N5O.HI/c1-18(2)8-5-9-19(3)28-24(26-4)27-15-20-10-6-11-21(14-20)16-29-13-7-12-22(17-29)23(25)30;/h6,10-11,14,18-19,22H,5,7-9,12-13,15-17H2,1-4H3,(H2,25,30)(H2,26,27,28);1H. The number of benzene rings is 1. The smallest absolute Gasteiger partial charge is 0.221 e. The fourth-order valence-corrected chi connectivity index (χ4v) is 4.05. The van der Waals surface area contributed by atoms with E-state index in [1.807, 2.05) is 7.05 Å². The molecule has 0 spiro atoms. The molecule has 31 heavy (non-hydrogen) atoms. The Hall–Kier alpha value is -1.35. The van der Waals surface area contributed by atoms with Gasteiger partial charge in [0.2, 0.25) is 5.91 Å². The number of nitrogens with zero attached hydrogens (tertiary/aromatic N) is 2. The normalized spacial score (nSPS) is 18.4. The molecule has 0 saturated carbocycles. The minimum atomic E-state index is -0.171. The first kappa shape index (κ1) is 27.7. The monoisotopic (exact) mass is 543 g/mol. The van der Waals surface area contributed by atoms with Crippen LogP contribution >= 0.6 is 24.0 Å². The highest BCUT2D eigenvalue weighted by molar-refractivity contribution is 14.0. The van der Waals surface area contributed by atoms with E-state index >= 15 is 0 Å². The number of hydrogen-bond donors (Lipinski definition) is 3. The van der Waals surface area contributed by atoms with E-state index in [0.717, 1.165) is 57.3 Å². The Balaban J connectivity index is 0.00000480. The van der Waals surface area contributed by atoms with E-state index in [1.165, 1.54) is 24.0 Å². The predicted octanol–water partition coefficient (Wildman–Crippen LogP) is 3.88. The van der Waals surface area contributed by atoms with Crippen LogP contribution < -0.4 is 16.4 Å². The number of nitrogens with one attached hydrogen (secondary N) is 2. The van der Waals surface area contributed by atoms with Gasteiger partial charge in [0.05, 0.1) is 5.92 Å². The number of rotatable bonds is 10. The average Bonchev–Trinajstić information content (AvgIpc) is 2.71. The lowest BCUT2D eigenvalue weighted by atomic mass is 9.97. The number of aliphatic imine (C=N–C) groups is 1. The van der Waals surface area contributed by atoms with E-state index in [2.05, 4.69) is 65.6 Å². The lowest BCUT2D eigenvalue weighted by Gasteiger charge is -2.31. The van der Waals surface area contributed by atoms with Crippen LogP contribution in [0, 0.1) is 11.8 Å². The molecule has 1 saturated heterocycles. The number of piperidine rings is 1. The summed E-state index contributed by atoms with van der Waals surface area (Å²) < 4.78 is 0. The van der Waals surface area contributed by atoms with Crippen LogP contribution in [-0.4, -0.2) is 42.9 Å². The third-order valence-electron chi connectivity index (χ3n) is 5.79. The summed E-state index contributed by atoms with van der Waals surface area (Å²) in [6, 6.07) is 9.03. The second-order valence-electron chi connectivity index (χ2n) is 9.09. The van der Waals surface area contributed by atoms with Crippen molar-refractivity contribution in [2.75, 3.05) is 20.1 Å². The summed E-state index contributed by atoms with van der Waals surface area (Å²) in [4.78, 5) is 18.2. The van der Waals surface area contributed by atoms with Crippen molar-refractivity contribution in [3.8, 4) is 0 Å². The fourth-order valence-electron chi connectivity index (χ4n) is 4.05. The molecule has 2 unspecified atom stereocenters. The summed E-state index contributed by atoms with van der Waals surface area (Å²) in [5.41, 5.74) is 8.01. The number of carbonyl (C=O) groups is 1. The highest BCUT2D eigenvalue weighted by Gasteiger charge is 2.23. The molecule has 1 aliphatic rings. The molecule has 2 atom stereocenters. The average molecular weight is 544 g/mol. The molecular formula is C24H42IN5O. The zero-order chi connectivity index (χ0) is 21.9. The van der Waals surface area contributed by atoms with Crippen molar-refractivity contribution in [2.24, 2.45) is 22.6 Å². The van der Waals surface area contributed by atoms with Gasteiger partial charge in [-0.25, -0.2) is 0 Å².